The van der Waals surface area contributed by atoms with Crippen molar-refractivity contribution in [2.75, 3.05) is 14.2 Å². The number of aromatic nitrogens is 1. The maximum Gasteiger partial charge on any atom is 0.341 e. The Labute approximate surface area is 158 Å². The van der Waals surface area contributed by atoms with Crippen molar-refractivity contribution >= 4 is 34.6 Å². The van der Waals surface area contributed by atoms with Gasteiger partial charge >= 0.3 is 5.97 Å². The van der Waals surface area contributed by atoms with Crippen LogP contribution < -0.4 is 10.1 Å². The van der Waals surface area contributed by atoms with Crippen LogP contribution in [0.3, 0.4) is 0 Å². The van der Waals surface area contributed by atoms with Crippen LogP contribution in [0.4, 0.5) is 0 Å². The van der Waals surface area contributed by atoms with Gasteiger partial charge in [-0.3, -0.25) is 4.79 Å². The van der Waals surface area contributed by atoms with E-state index in [1.165, 1.54) is 25.6 Å². The van der Waals surface area contributed by atoms with E-state index in [2.05, 4.69) is 10.3 Å². The Kier molecular flexibility index (Phi) is 5.65. The van der Waals surface area contributed by atoms with Gasteiger partial charge in [0.2, 0.25) is 0 Å². The number of esters is 1. The SMILES string of the molecule is COC(=O)c1cc(CNC(=O)c2csc(-c3cccs3)n2)ccc1OC. The van der Waals surface area contributed by atoms with Crippen molar-refractivity contribution < 1.29 is 19.1 Å². The van der Waals surface area contributed by atoms with Gasteiger partial charge in [-0.25, -0.2) is 9.78 Å². The number of carbonyl (C=O) groups is 2. The van der Waals surface area contributed by atoms with Gasteiger partial charge in [0, 0.05) is 11.9 Å². The summed E-state index contributed by atoms with van der Waals surface area (Å²) in [6.45, 7) is 0.263. The van der Waals surface area contributed by atoms with Gasteiger partial charge in [0.05, 0.1) is 19.1 Å². The molecule has 2 heterocycles. The van der Waals surface area contributed by atoms with E-state index in [9.17, 15) is 9.59 Å². The molecule has 0 atom stereocenters. The van der Waals surface area contributed by atoms with Gasteiger partial charge in [-0.2, -0.15) is 0 Å². The molecule has 1 N–H and O–H groups in total. The number of nitrogens with one attached hydrogen (secondary N) is 1. The highest BCUT2D eigenvalue weighted by Gasteiger charge is 2.15. The fourth-order valence-electron chi connectivity index (χ4n) is 2.30. The molecule has 0 aliphatic heterocycles. The summed E-state index contributed by atoms with van der Waals surface area (Å²) in [4.78, 5) is 29.6. The zero-order valence-electron chi connectivity index (χ0n) is 14.1. The van der Waals surface area contributed by atoms with E-state index < -0.39 is 5.97 Å². The van der Waals surface area contributed by atoms with Crippen molar-refractivity contribution in [2.24, 2.45) is 0 Å². The van der Waals surface area contributed by atoms with Crippen molar-refractivity contribution in [3.05, 3.63) is 57.9 Å². The second-order valence-electron chi connectivity index (χ2n) is 5.22. The summed E-state index contributed by atoms with van der Waals surface area (Å²) in [5, 5.41) is 7.34. The van der Waals surface area contributed by atoms with Crippen molar-refractivity contribution in [2.45, 2.75) is 6.54 Å². The number of hydrogen-bond acceptors (Lipinski definition) is 7. The number of amides is 1. The van der Waals surface area contributed by atoms with E-state index in [4.69, 9.17) is 9.47 Å². The largest absolute Gasteiger partial charge is 0.496 e. The van der Waals surface area contributed by atoms with Crippen molar-refractivity contribution in [1.29, 1.82) is 0 Å². The number of methoxy groups -OCH3 is 2. The molecule has 0 saturated carbocycles. The summed E-state index contributed by atoms with van der Waals surface area (Å²) in [5.41, 5.74) is 1.45. The average molecular weight is 388 g/mol. The summed E-state index contributed by atoms with van der Waals surface area (Å²) in [5.74, 6) is -0.332. The number of hydrogen-bond donors (Lipinski definition) is 1. The first-order valence-corrected chi connectivity index (χ1v) is 9.41. The molecule has 0 unspecified atom stereocenters. The first-order valence-electron chi connectivity index (χ1n) is 7.65. The summed E-state index contributed by atoms with van der Waals surface area (Å²) in [6, 6.07) is 9.01. The molecule has 6 nitrogen and oxygen atoms in total. The van der Waals surface area contributed by atoms with E-state index in [1.54, 1.807) is 34.9 Å². The predicted molar refractivity (Wildman–Crippen MR) is 101 cm³/mol. The second-order valence-corrected chi connectivity index (χ2v) is 7.03. The lowest BCUT2D eigenvalue weighted by Gasteiger charge is -2.09. The Morgan fingerprint density at radius 2 is 2.04 bits per heavy atom. The molecule has 0 radical (unpaired) electrons. The molecule has 0 aliphatic carbocycles. The average Bonchev–Trinajstić information content (AvgIpc) is 3.36. The number of carbonyl (C=O) groups excluding carboxylic acids is 2. The number of thiazole rings is 1. The van der Waals surface area contributed by atoms with E-state index in [0.717, 1.165) is 15.4 Å². The minimum atomic E-state index is -0.491. The van der Waals surface area contributed by atoms with Gasteiger partial charge in [-0.05, 0) is 29.1 Å². The third kappa shape index (κ3) is 3.92. The van der Waals surface area contributed by atoms with Gasteiger partial charge in [-0.15, -0.1) is 22.7 Å². The third-order valence-corrected chi connectivity index (χ3v) is 5.47. The van der Waals surface area contributed by atoms with Gasteiger partial charge in [0.15, 0.2) is 0 Å². The van der Waals surface area contributed by atoms with Gasteiger partial charge in [-0.1, -0.05) is 12.1 Å². The van der Waals surface area contributed by atoms with Gasteiger partial charge < -0.3 is 14.8 Å². The van der Waals surface area contributed by atoms with Crippen molar-refractivity contribution in [1.82, 2.24) is 10.3 Å². The number of nitrogens with zero attached hydrogens (tertiary/aromatic N) is 1. The number of ether oxygens (including phenoxy) is 2. The molecular weight excluding hydrogens is 372 g/mol. The third-order valence-electron chi connectivity index (χ3n) is 3.59. The fraction of sp³-hybridized carbons (Fsp3) is 0.167. The van der Waals surface area contributed by atoms with Crippen molar-refractivity contribution in [3.63, 3.8) is 0 Å². The highest BCUT2D eigenvalue weighted by molar-refractivity contribution is 7.20. The molecule has 0 aliphatic rings. The zero-order chi connectivity index (χ0) is 18.5. The van der Waals surface area contributed by atoms with Crippen LogP contribution >= 0.6 is 22.7 Å². The van der Waals surface area contributed by atoms with Crippen LogP contribution in [0.15, 0.2) is 41.1 Å². The topological polar surface area (TPSA) is 77.5 Å². The number of thiophene rings is 1. The Balaban J connectivity index is 1.69. The van der Waals surface area contributed by atoms with Crippen molar-refractivity contribution in [3.8, 4) is 15.6 Å². The molecule has 0 spiro atoms. The fourth-order valence-corrected chi connectivity index (χ4v) is 3.91. The monoisotopic (exact) mass is 388 g/mol. The molecule has 8 heteroatoms. The Morgan fingerprint density at radius 3 is 2.73 bits per heavy atom. The van der Waals surface area contributed by atoms with E-state index in [-0.39, 0.29) is 12.5 Å². The predicted octanol–water partition coefficient (Wildman–Crippen LogP) is 3.60. The highest BCUT2D eigenvalue weighted by Crippen LogP contribution is 2.27. The lowest BCUT2D eigenvalue weighted by Crippen LogP contribution is -2.23. The minimum Gasteiger partial charge on any atom is -0.496 e. The molecule has 0 fully saturated rings. The molecule has 3 rings (SSSR count). The Bertz CT molecular complexity index is 919. The minimum absolute atomic E-state index is 0.263. The molecule has 134 valence electrons. The lowest BCUT2D eigenvalue weighted by atomic mass is 10.1. The molecule has 3 aromatic rings. The molecule has 0 bridgehead atoms. The molecule has 2 aromatic heterocycles. The standard InChI is InChI=1S/C18H16N2O4S2/c1-23-14-6-5-11(8-12(14)18(22)24-2)9-19-16(21)13-10-26-17(20-13)15-4-3-7-25-15/h3-8,10H,9H2,1-2H3,(H,19,21). The van der Waals surface area contributed by atoms with E-state index in [0.29, 0.717) is 17.0 Å². The first-order chi connectivity index (χ1) is 12.6. The van der Waals surface area contributed by atoms with E-state index >= 15 is 0 Å². The maximum atomic E-state index is 12.3. The molecule has 1 amide bonds. The van der Waals surface area contributed by atoms with Crippen LogP contribution in [-0.2, 0) is 11.3 Å². The maximum absolute atomic E-state index is 12.3. The molecule has 1 aromatic carbocycles. The normalized spacial score (nSPS) is 10.4. The number of benzene rings is 1. The van der Waals surface area contributed by atoms with Crippen LogP contribution in [-0.4, -0.2) is 31.1 Å². The Hall–Kier alpha value is -2.71. The lowest BCUT2D eigenvalue weighted by molar-refractivity contribution is 0.0597. The Morgan fingerprint density at radius 1 is 1.19 bits per heavy atom. The quantitative estimate of drug-likeness (QED) is 0.653. The number of rotatable bonds is 6. The summed E-state index contributed by atoms with van der Waals surface area (Å²) >= 11 is 3.01. The van der Waals surface area contributed by atoms with Crippen LogP contribution in [0.25, 0.3) is 9.88 Å². The second kappa shape index (κ2) is 8.11. The summed E-state index contributed by atoms with van der Waals surface area (Å²) < 4.78 is 9.91. The van der Waals surface area contributed by atoms with Crippen LogP contribution in [0, 0.1) is 0 Å². The van der Waals surface area contributed by atoms with Gasteiger partial charge in [0.25, 0.3) is 5.91 Å². The molecular formula is C18H16N2O4S2. The van der Waals surface area contributed by atoms with Gasteiger partial charge in [0.1, 0.15) is 22.0 Å². The zero-order valence-corrected chi connectivity index (χ0v) is 15.8. The summed E-state index contributed by atoms with van der Waals surface area (Å²) in [7, 11) is 2.79. The van der Waals surface area contributed by atoms with Crippen LogP contribution in [0.1, 0.15) is 26.4 Å². The molecule has 0 saturated heterocycles. The van der Waals surface area contributed by atoms with Crippen LogP contribution in [0.2, 0.25) is 0 Å². The smallest absolute Gasteiger partial charge is 0.341 e. The highest BCUT2D eigenvalue weighted by atomic mass is 32.1. The van der Waals surface area contributed by atoms with E-state index in [1.807, 2.05) is 17.5 Å². The first kappa shape index (κ1) is 18.1. The molecule has 26 heavy (non-hydrogen) atoms. The van der Waals surface area contributed by atoms with Crippen LogP contribution in [0.5, 0.6) is 5.75 Å². The summed E-state index contributed by atoms with van der Waals surface area (Å²) in [6.07, 6.45) is 0.